The molecule has 0 atom stereocenters. The summed E-state index contributed by atoms with van der Waals surface area (Å²) >= 11 is 15.0. The van der Waals surface area contributed by atoms with E-state index in [-0.39, 0.29) is 19.0 Å². The number of phosphoric acid groups is 1. The van der Waals surface area contributed by atoms with Crippen molar-refractivity contribution >= 4 is 52.7 Å². The third-order valence-corrected chi connectivity index (χ3v) is 4.74. The molecule has 8 heteroatoms. The van der Waals surface area contributed by atoms with Crippen molar-refractivity contribution in [2.24, 2.45) is 0 Å². The van der Waals surface area contributed by atoms with Gasteiger partial charge in [-0.05, 0) is 48.0 Å². The van der Waals surface area contributed by atoms with Gasteiger partial charge in [0.25, 0.3) is 0 Å². The SMILES string of the molecule is CCOP(=O)(OCC)O/C(=C/Cl)c1ccc(Cl)cc1Br. The van der Waals surface area contributed by atoms with Gasteiger partial charge in [0.05, 0.1) is 13.2 Å². The van der Waals surface area contributed by atoms with Crippen LogP contribution in [0.3, 0.4) is 0 Å². The van der Waals surface area contributed by atoms with Crippen LogP contribution in [0.25, 0.3) is 5.76 Å². The van der Waals surface area contributed by atoms with E-state index < -0.39 is 7.82 Å². The molecular weight excluding hydrogens is 390 g/mol. The Morgan fingerprint density at radius 1 is 1.35 bits per heavy atom. The van der Waals surface area contributed by atoms with E-state index in [4.69, 9.17) is 36.8 Å². The highest BCUT2D eigenvalue weighted by atomic mass is 79.9. The van der Waals surface area contributed by atoms with E-state index in [1.54, 1.807) is 32.0 Å². The van der Waals surface area contributed by atoms with Crippen molar-refractivity contribution < 1.29 is 18.1 Å². The van der Waals surface area contributed by atoms with E-state index in [1.165, 1.54) is 5.54 Å². The zero-order valence-corrected chi connectivity index (χ0v) is 14.9. The number of halogens is 3. The van der Waals surface area contributed by atoms with Crippen LogP contribution in [-0.4, -0.2) is 13.2 Å². The lowest BCUT2D eigenvalue weighted by Crippen LogP contribution is -2.00. The summed E-state index contributed by atoms with van der Waals surface area (Å²) in [5, 5.41) is 0.548. The van der Waals surface area contributed by atoms with Crippen molar-refractivity contribution in [1.29, 1.82) is 0 Å². The predicted octanol–water partition coefficient (Wildman–Crippen LogP) is 5.84. The summed E-state index contributed by atoms with van der Waals surface area (Å²) < 4.78 is 28.4. The first-order valence-corrected chi connectivity index (χ1v) is 8.87. The first-order chi connectivity index (χ1) is 9.45. The van der Waals surface area contributed by atoms with E-state index in [9.17, 15) is 4.57 Å². The zero-order valence-electron chi connectivity index (χ0n) is 10.9. The van der Waals surface area contributed by atoms with Gasteiger partial charge in [0.15, 0.2) is 5.76 Å². The summed E-state index contributed by atoms with van der Waals surface area (Å²) in [5.41, 5.74) is 1.75. The quantitative estimate of drug-likeness (QED) is 0.424. The van der Waals surface area contributed by atoms with Crippen molar-refractivity contribution in [2.45, 2.75) is 13.8 Å². The first kappa shape index (κ1) is 18.0. The first-order valence-electron chi connectivity index (χ1n) is 5.80. The van der Waals surface area contributed by atoms with Gasteiger partial charge in [0.2, 0.25) is 0 Å². The minimum absolute atomic E-state index is 0.167. The molecule has 0 N–H and O–H groups in total. The maximum atomic E-state index is 12.3. The molecule has 0 unspecified atom stereocenters. The van der Waals surface area contributed by atoms with Crippen LogP contribution >= 0.6 is 47.0 Å². The normalized spacial score (nSPS) is 12.6. The monoisotopic (exact) mass is 402 g/mol. The highest BCUT2D eigenvalue weighted by Gasteiger charge is 2.29. The van der Waals surface area contributed by atoms with Gasteiger partial charge < -0.3 is 4.52 Å². The molecule has 0 spiro atoms. The Hall–Kier alpha value is -0.0300. The number of hydrogen-bond acceptors (Lipinski definition) is 4. The Morgan fingerprint density at radius 3 is 2.40 bits per heavy atom. The number of benzene rings is 1. The Bertz CT molecular complexity index is 526. The highest BCUT2D eigenvalue weighted by molar-refractivity contribution is 9.10. The van der Waals surface area contributed by atoms with Crippen molar-refractivity contribution in [3.63, 3.8) is 0 Å². The molecular formula is C12H14BrCl2O4P. The number of hydrogen-bond donors (Lipinski definition) is 0. The van der Waals surface area contributed by atoms with E-state index >= 15 is 0 Å². The summed E-state index contributed by atoms with van der Waals surface area (Å²) in [5.74, 6) is 0.167. The molecule has 1 aromatic rings. The third kappa shape index (κ3) is 5.06. The summed E-state index contributed by atoms with van der Waals surface area (Å²) in [6.07, 6.45) is 0. The molecule has 0 fully saturated rings. The smallest absolute Gasteiger partial charge is 0.402 e. The fraction of sp³-hybridized carbons (Fsp3) is 0.333. The van der Waals surface area contributed by atoms with E-state index in [2.05, 4.69) is 15.9 Å². The van der Waals surface area contributed by atoms with Crippen molar-refractivity contribution in [1.82, 2.24) is 0 Å². The lowest BCUT2D eigenvalue weighted by molar-refractivity contribution is 0.159. The molecule has 0 aromatic heterocycles. The largest absolute Gasteiger partial charge is 0.530 e. The lowest BCUT2D eigenvalue weighted by Gasteiger charge is -2.19. The van der Waals surface area contributed by atoms with Gasteiger partial charge in [-0.2, -0.15) is 0 Å². The average Bonchev–Trinajstić information content (AvgIpc) is 2.37. The Morgan fingerprint density at radius 2 is 1.95 bits per heavy atom. The maximum absolute atomic E-state index is 12.3. The topological polar surface area (TPSA) is 44.8 Å². The predicted molar refractivity (Wildman–Crippen MR) is 84.9 cm³/mol. The Balaban J connectivity index is 3.05. The molecule has 0 saturated heterocycles. The molecule has 0 radical (unpaired) electrons. The fourth-order valence-electron chi connectivity index (χ4n) is 1.34. The van der Waals surface area contributed by atoms with Gasteiger partial charge in [-0.25, -0.2) is 4.57 Å². The second-order valence-corrected chi connectivity index (χ2v) is 6.57. The van der Waals surface area contributed by atoms with Crippen molar-refractivity contribution in [2.75, 3.05) is 13.2 Å². The molecule has 112 valence electrons. The second-order valence-electron chi connectivity index (χ2n) is 3.47. The maximum Gasteiger partial charge on any atom is 0.530 e. The molecule has 0 aliphatic rings. The van der Waals surface area contributed by atoms with Crippen LogP contribution in [0.5, 0.6) is 0 Å². The Kier molecular flexibility index (Phi) is 7.59. The molecule has 1 rings (SSSR count). The summed E-state index contributed by atoms with van der Waals surface area (Å²) in [4.78, 5) is 0. The summed E-state index contributed by atoms with van der Waals surface area (Å²) in [7, 11) is -3.70. The van der Waals surface area contributed by atoms with Crippen LogP contribution in [0, 0.1) is 0 Å². The Labute approximate surface area is 136 Å². The van der Waals surface area contributed by atoms with E-state index in [1.807, 2.05) is 0 Å². The number of phosphoric ester groups is 1. The standard InChI is InChI=1S/C12H14BrCl2O4P/c1-3-17-20(16,18-4-2)19-12(8-14)10-6-5-9(15)7-11(10)13/h5-8H,3-4H2,1-2H3/b12-8+. The van der Waals surface area contributed by atoms with Gasteiger partial charge in [-0.1, -0.05) is 23.2 Å². The third-order valence-electron chi connectivity index (χ3n) is 2.08. The molecule has 0 heterocycles. The average molecular weight is 404 g/mol. The van der Waals surface area contributed by atoms with Gasteiger partial charge >= 0.3 is 7.82 Å². The number of rotatable bonds is 7. The van der Waals surface area contributed by atoms with Gasteiger partial charge in [-0.3, -0.25) is 9.05 Å². The minimum atomic E-state index is -3.70. The molecule has 1 aromatic carbocycles. The van der Waals surface area contributed by atoms with Crippen LogP contribution in [0.1, 0.15) is 19.4 Å². The molecule has 20 heavy (non-hydrogen) atoms. The van der Waals surface area contributed by atoms with Crippen LogP contribution in [0.15, 0.2) is 28.2 Å². The molecule has 4 nitrogen and oxygen atoms in total. The molecule has 0 bridgehead atoms. The van der Waals surface area contributed by atoms with Crippen LogP contribution in [0.4, 0.5) is 0 Å². The minimum Gasteiger partial charge on any atom is -0.402 e. The second kappa shape index (κ2) is 8.42. The fourth-order valence-corrected chi connectivity index (χ4v) is 3.65. The van der Waals surface area contributed by atoms with Gasteiger partial charge in [-0.15, -0.1) is 0 Å². The lowest BCUT2D eigenvalue weighted by atomic mass is 10.2. The van der Waals surface area contributed by atoms with E-state index in [0.29, 0.717) is 15.1 Å². The molecule has 0 aliphatic heterocycles. The van der Waals surface area contributed by atoms with E-state index in [0.717, 1.165) is 0 Å². The summed E-state index contributed by atoms with van der Waals surface area (Å²) in [6, 6.07) is 5.02. The molecule has 0 saturated carbocycles. The summed E-state index contributed by atoms with van der Waals surface area (Å²) in [6.45, 7) is 3.76. The van der Waals surface area contributed by atoms with Crippen LogP contribution in [-0.2, 0) is 18.1 Å². The van der Waals surface area contributed by atoms with Crippen molar-refractivity contribution in [3.8, 4) is 0 Å². The van der Waals surface area contributed by atoms with Gasteiger partial charge in [0, 0.05) is 20.6 Å². The van der Waals surface area contributed by atoms with Gasteiger partial charge in [0.1, 0.15) is 0 Å². The molecule has 0 aliphatic carbocycles. The van der Waals surface area contributed by atoms with Crippen LogP contribution in [0.2, 0.25) is 5.02 Å². The zero-order chi connectivity index (χ0) is 15.2. The highest BCUT2D eigenvalue weighted by Crippen LogP contribution is 2.53. The van der Waals surface area contributed by atoms with Crippen LogP contribution < -0.4 is 0 Å². The van der Waals surface area contributed by atoms with Crippen molar-refractivity contribution in [3.05, 3.63) is 38.8 Å². The molecule has 0 amide bonds.